The zero-order chi connectivity index (χ0) is 12.4. The topological polar surface area (TPSA) is 12.0 Å². The van der Waals surface area contributed by atoms with Crippen molar-refractivity contribution in [3.05, 3.63) is 54.6 Å². The molecule has 1 heterocycles. The van der Waals surface area contributed by atoms with E-state index in [1.165, 1.54) is 4.88 Å². The van der Waals surface area contributed by atoms with Crippen molar-refractivity contribution in [1.82, 2.24) is 5.32 Å². The van der Waals surface area contributed by atoms with Crippen LogP contribution < -0.4 is 5.32 Å². The molecule has 1 N–H and O–H groups in total. The van der Waals surface area contributed by atoms with Crippen molar-refractivity contribution in [2.75, 3.05) is 7.05 Å². The summed E-state index contributed by atoms with van der Waals surface area (Å²) in [6.07, 6.45) is 0. The van der Waals surface area contributed by atoms with E-state index in [-0.39, 0.29) is 6.04 Å². The minimum Gasteiger partial charge on any atom is -0.309 e. The van der Waals surface area contributed by atoms with Gasteiger partial charge in [0.2, 0.25) is 0 Å². The van der Waals surface area contributed by atoms with Gasteiger partial charge < -0.3 is 5.32 Å². The molecule has 1 atom stereocenters. The SMILES string of the molecule is CNC(c1cc(Cl)cc(Cl)c1)c1sccc1Br. The average molecular weight is 351 g/mol. The molecule has 90 valence electrons. The third kappa shape index (κ3) is 3.04. The van der Waals surface area contributed by atoms with Crippen LogP contribution in [0.4, 0.5) is 0 Å². The Morgan fingerprint density at radius 1 is 1.24 bits per heavy atom. The Hall–Kier alpha value is -0.0600. The Labute approximate surface area is 123 Å². The number of hydrogen-bond donors (Lipinski definition) is 1. The van der Waals surface area contributed by atoms with Gasteiger partial charge in [-0.2, -0.15) is 0 Å². The van der Waals surface area contributed by atoms with Crippen molar-refractivity contribution < 1.29 is 0 Å². The molecule has 2 aromatic rings. The van der Waals surface area contributed by atoms with E-state index in [1.807, 2.05) is 25.2 Å². The third-order valence-electron chi connectivity index (χ3n) is 2.41. The van der Waals surface area contributed by atoms with Gasteiger partial charge in [0.1, 0.15) is 0 Å². The van der Waals surface area contributed by atoms with Crippen LogP contribution >= 0.6 is 50.5 Å². The van der Waals surface area contributed by atoms with Gasteiger partial charge in [-0.3, -0.25) is 0 Å². The van der Waals surface area contributed by atoms with E-state index < -0.39 is 0 Å². The highest BCUT2D eigenvalue weighted by Crippen LogP contribution is 2.34. The Morgan fingerprint density at radius 2 is 1.88 bits per heavy atom. The molecule has 0 radical (unpaired) electrons. The van der Waals surface area contributed by atoms with E-state index in [0.717, 1.165) is 10.0 Å². The molecule has 1 aromatic heterocycles. The summed E-state index contributed by atoms with van der Waals surface area (Å²) >= 11 is 17.3. The van der Waals surface area contributed by atoms with Gasteiger partial charge in [-0.1, -0.05) is 23.2 Å². The van der Waals surface area contributed by atoms with Crippen LogP contribution in [0.3, 0.4) is 0 Å². The van der Waals surface area contributed by atoms with Gasteiger partial charge >= 0.3 is 0 Å². The lowest BCUT2D eigenvalue weighted by molar-refractivity contribution is 0.701. The van der Waals surface area contributed by atoms with Crippen molar-refractivity contribution in [3.8, 4) is 0 Å². The number of rotatable bonds is 3. The molecular weight excluding hydrogens is 341 g/mol. The minimum absolute atomic E-state index is 0.0978. The second-order valence-electron chi connectivity index (χ2n) is 3.56. The maximum atomic E-state index is 6.03. The zero-order valence-corrected chi connectivity index (χ0v) is 12.9. The molecule has 5 heteroatoms. The summed E-state index contributed by atoms with van der Waals surface area (Å²) in [6, 6.07) is 7.74. The molecule has 17 heavy (non-hydrogen) atoms. The Morgan fingerprint density at radius 3 is 2.35 bits per heavy atom. The van der Waals surface area contributed by atoms with E-state index in [2.05, 4.69) is 26.6 Å². The fourth-order valence-electron chi connectivity index (χ4n) is 1.70. The number of thiophene rings is 1. The van der Waals surface area contributed by atoms with Crippen LogP contribution in [0.2, 0.25) is 10.0 Å². The highest BCUT2D eigenvalue weighted by Gasteiger charge is 2.17. The summed E-state index contributed by atoms with van der Waals surface area (Å²) in [5, 5.41) is 6.64. The minimum atomic E-state index is 0.0978. The van der Waals surface area contributed by atoms with Crippen molar-refractivity contribution in [2.24, 2.45) is 0 Å². The monoisotopic (exact) mass is 349 g/mol. The lowest BCUT2D eigenvalue weighted by Crippen LogP contribution is -2.16. The van der Waals surface area contributed by atoms with E-state index in [4.69, 9.17) is 23.2 Å². The lowest BCUT2D eigenvalue weighted by atomic mass is 10.1. The molecule has 0 aliphatic carbocycles. The number of halogens is 3. The Kier molecular flexibility index (Phi) is 4.50. The number of nitrogens with one attached hydrogen (secondary N) is 1. The molecule has 0 bridgehead atoms. The van der Waals surface area contributed by atoms with Crippen LogP contribution in [0.25, 0.3) is 0 Å². The predicted molar refractivity (Wildman–Crippen MR) is 79.4 cm³/mol. The summed E-state index contributed by atoms with van der Waals surface area (Å²) in [5.74, 6) is 0. The molecule has 0 spiro atoms. The van der Waals surface area contributed by atoms with E-state index >= 15 is 0 Å². The van der Waals surface area contributed by atoms with E-state index in [0.29, 0.717) is 10.0 Å². The van der Waals surface area contributed by atoms with Gasteiger partial charge in [0.15, 0.2) is 0 Å². The average Bonchev–Trinajstić information content (AvgIpc) is 2.65. The summed E-state index contributed by atoms with van der Waals surface area (Å²) < 4.78 is 1.10. The summed E-state index contributed by atoms with van der Waals surface area (Å²) in [4.78, 5) is 1.21. The van der Waals surface area contributed by atoms with Crippen molar-refractivity contribution in [3.63, 3.8) is 0 Å². The first-order valence-electron chi connectivity index (χ1n) is 4.98. The highest BCUT2D eigenvalue weighted by atomic mass is 79.9. The summed E-state index contributed by atoms with van der Waals surface area (Å²) in [6.45, 7) is 0. The molecule has 0 fully saturated rings. The van der Waals surface area contributed by atoms with Gasteiger partial charge in [0.25, 0.3) is 0 Å². The molecule has 1 nitrogen and oxygen atoms in total. The smallest absolute Gasteiger partial charge is 0.0681 e. The Bertz CT molecular complexity index is 507. The molecule has 1 unspecified atom stereocenters. The van der Waals surface area contributed by atoms with Crippen LogP contribution in [-0.4, -0.2) is 7.05 Å². The standard InChI is InChI=1S/C12H10BrCl2NS/c1-16-11(12-10(13)2-3-17-12)7-4-8(14)6-9(15)5-7/h2-6,11,16H,1H3. The molecule has 1 aromatic carbocycles. The van der Waals surface area contributed by atoms with Crippen molar-refractivity contribution in [2.45, 2.75) is 6.04 Å². The molecule has 0 amide bonds. The molecule has 0 aliphatic heterocycles. The van der Waals surface area contributed by atoms with E-state index in [1.54, 1.807) is 17.4 Å². The first-order valence-corrected chi connectivity index (χ1v) is 7.41. The molecular formula is C12H10BrCl2NS. The van der Waals surface area contributed by atoms with Crippen molar-refractivity contribution in [1.29, 1.82) is 0 Å². The normalized spacial score (nSPS) is 12.7. The van der Waals surface area contributed by atoms with Gasteiger partial charge in [0, 0.05) is 19.4 Å². The van der Waals surface area contributed by atoms with Gasteiger partial charge in [-0.05, 0) is 58.2 Å². The molecule has 2 rings (SSSR count). The van der Waals surface area contributed by atoms with Crippen LogP contribution in [0.15, 0.2) is 34.1 Å². The first-order chi connectivity index (χ1) is 8.11. The van der Waals surface area contributed by atoms with Crippen molar-refractivity contribution >= 4 is 50.5 Å². The number of benzene rings is 1. The van der Waals surface area contributed by atoms with E-state index in [9.17, 15) is 0 Å². The van der Waals surface area contributed by atoms with Gasteiger partial charge in [-0.25, -0.2) is 0 Å². The maximum absolute atomic E-state index is 6.03. The van der Waals surface area contributed by atoms with Crippen LogP contribution in [-0.2, 0) is 0 Å². The predicted octanol–water partition coefficient (Wildman–Crippen LogP) is 5.13. The fraction of sp³-hybridized carbons (Fsp3) is 0.167. The zero-order valence-electron chi connectivity index (χ0n) is 9.01. The second-order valence-corrected chi connectivity index (χ2v) is 6.23. The highest BCUT2D eigenvalue weighted by molar-refractivity contribution is 9.10. The van der Waals surface area contributed by atoms with Crippen LogP contribution in [0.1, 0.15) is 16.5 Å². The Balaban J connectivity index is 2.45. The molecule has 0 aliphatic rings. The second kappa shape index (κ2) is 5.72. The maximum Gasteiger partial charge on any atom is 0.0681 e. The van der Waals surface area contributed by atoms with Crippen LogP contribution in [0.5, 0.6) is 0 Å². The quantitative estimate of drug-likeness (QED) is 0.809. The largest absolute Gasteiger partial charge is 0.309 e. The molecule has 0 saturated carbocycles. The van der Waals surface area contributed by atoms with Gasteiger partial charge in [-0.15, -0.1) is 11.3 Å². The van der Waals surface area contributed by atoms with Gasteiger partial charge in [0.05, 0.1) is 6.04 Å². The fourth-order valence-corrected chi connectivity index (χ4v) is 3.98. The first kappa shape index (κ1) is 13.4. The lowest BCUT2D eigenvalue weighted by Gasteiger charge is -2.16. The number of hydrogen-bond acceptors (Lipinski definition) is 2. The summed E-state index contributed by atoms with van der Waals surface area (Å²) in [5.41, 5.74) is 1.06. The van der Waals surface area contributed by atoms with Crippen LogP contribution in [0, 0.1) is 0 Å². The molecule has 0 saturated heterocycles. The summed E-state index contributed by atoms with van der Waals surface area (Å²) in [7, 11) is 1.92. The third-order valence-corrected chi connectivity index (χ3v) is 4.79.